The van der Waals surface area contributed by atoms with Crippen LogP contribution in [-0.2, 0) is 20.7 Å². The van der Waals surface area contributed by atoms with Crippen LogP contribution in [0.15, 0.2) is 66.7 Å². The van der Waals surface area contributed by atoms with E-state index in [2.05, 4.69) is 55.3 Å². The molecule has 2 heterocycles. The third-order valence-electron chi connectivity index (χ3n) is 9.17. The summed E-state index contributed by atoms with van der Waals surface area (Å²) < 4.78 is 19.0. The monoisotopic (exact) mass is 776 g/mol. The number of para-hydroxylation sites is 1. The quantitative estimate of drug-likeness (QED) is 0.173. The van der Waals surface area contributed by atoms with Crippen molar-refractivity contribution in [1.29, 1.82) is 0 Å². The normalized spacial score (nSPS) is 17.8. The van der Waals surface area contributed by atoms with Crippen LogP contribution in [0.3, 0.4) is 0 Å². The topological polar surface area (TPSA) is 83.6 Å². The summed E-state index contributed by atoms with van der Waals surface area (Å²) in [5.74, 6) is 0.789. The van der Waals surface area contributed by atoms with Crippen LogP contribution in [-0.4, -0.2) is 94.3 Å². The molecule has 2 unspecified atom stereocenters. The van der Waals surface area contributed by atoms with Crippen LogP contribution in [0, 0.1) is 5.41 Å². The van der Waals surface area contributed by atoms with Gasteiger partial charge in [-0.05, 0) is 74.6 Å². The van der Waals surface area contributed by atoms with Gasteiger partial charge in [-0.1, -0.05) is 74.8 Å². The van der Waals surface area contributed by atoms with Gasteiger partial charge in [0, 0.05) is 54.6 Å². The summed E-state index contributed by atoms with van der Waals surface area (Å²) in [4.78, 5) is 33.9. The predicted molar refractivity (Wildman–Crippen MR) is 214 cm³/mol. The van der Waals surface area contributed by atoms with E-state index in [-0.39, 0.29) is 48.5 Å². The summed E-state index contributed by atoms with van der Waals surface area (Å²) in [6, 6.07) is 21.8. The Morgan fingerprint density at radius 1 is 0.942 bits per heavy atom. The fourth-order valence-corrected chi connectivity index (χ4v) is 6.75. The number of carbonyl (C=O) groups excluding carboxylic acids is 2. The maximum absolute atomic E-state index is 14.4. The molecular weight excluding hydrogens is 723 g/mol. The molecule has 5 rings (SSSR count). The number of ether oxygens (including phenoxy) is 3. The molecule has 2 amide bonds. The lowest BCUT2D eigenvalue weighted by Gasteiger charge is -2.34. The molecule has 3 aromatic rings. The van der Waals surface area contributed by atoms with E-state index in [4.69, 9.17) is 25.8 Å². The summed E-state index contributed by atoms with van der Waals surface area (Å²) in [6.07, 6.45) is 1.14. The first-order valence-corrected chi connectivity index (χ1v) is 18.2. The number of amides is 2. The van der Waals surface area contributed by atoms with E-state index in [9.17, 15) is 9.59 Å². The van der Waals surface area contributed by atoms with Gasteiger partial charge in [-0.25, -0.2) is 0 Å². The second-order valence-electron chi connectivity index (χ2n) is 14.5. The molecule has 1 saturated heterocycles. The van der Waals surface area contributed by atoms with E-state index in [1.165, 1.54) is 5.56 Å². The van der Waals surface area contributed by atoms with Crippen molar-refractivity contribution in [3.8, 4) is 11.5 Å². The minimum absolute atomic E-state index is 0. The highest BCUT2D eigenvalue weighted by molar-refractivity contribution is 6.30. The van der Waals surface area contributed by atoms with Crippen LogP contribution >= 0.6 is 36.4 Å². The smallest absolute Gasteiger partial charge is 0.256 e. The van der Waals surface area contributed by atoms with E-state index in [1.54, 1.807) is 18.1 Å². The van der Waals surface area contributed by atoms with Gasteiger partial charge in [0.1, 0.15) is 12.2 Å². The number of methoxy groups -OCH3 is 1. The summed E-state index contributed by atoms with van der Waals surface area (Å²) >= 11 is 6.61. The molecule has 9 nitrogen and oxygen atoms in total. The van der Waals surface area contributed by atoms with E-state index >= 15 is 0 Å². The molecule has 2 aliphatic rings. The Labute approximate surface area is 327 Å². The first kappa shape index (κ1) is 43.4. The zero-order valence-corrected chi connectivity index (χ0v) is 33.5. The average Bonchev–Trinajstić information content (AvgIpc) is 3.19. The standard InChI is InChI=1S/C40H53ClN4O5.2ClH/c1-40(2,3)28-45-33-18-17-30(41)26-32(33)37(50-35(39(45)47)27-36(46)44-23-21-43(4)22-24-44)31-15-9-16-34(38(31)48-5)49-25-11-20-42-19-10-14-29-12-7-6-8-13-29;;/h6-9,12-13,15-18,26,35,37,42H,10-11,14,19-25,27-28H2,1-5H3;2*1H. The van der Waals surface area contributed by atoms with Crippen LogP contribution in [0.2, 0.25) is 5.02 Å². The summed E-state index contributed by atoms with van der Waals surface area (Å²) in [7, 11) is 3.66. The SMILES string of the molecule is COc1c(OCCCNCCCc2ccccc2)cccc1C1OC(CC(=O)N2CCN(C)CC2)C(=O)N(CC(C)(C)C)c2ccc(Cl)cc21.Cl.Cl. The molecule has 2 atom stereocenters. The number of aryl methyl sites for hydroxylation is 1. The van der Waals surface area contributed by atoms with Crippen molar-refractivity contribution in [2.24, 2.45) is 5.41 Å². The van der Waals surface area contributed by atoms with Crippen LogP contribution < -0.4 is 19.7 Å². The molecule has 2 aliphatic heterocycles. The number of fused-ring (bicyclic) bond motifs is 1. The minimum Gasteiger partial charge on any atom is -0.492 e. The van der Waals surface area contributed by atoms with Gasteiger partial charge in [0.2, 0.25) is 5.91 Å². The van der Waals surface area contributed by atoms with Crippen LogP contribution in [0.1, 0.15) is 62.8 Å². The molecule has 3 aromatic carbocycles. The minimum atomic E-state index is -1.01. The summed E-state index contributed by atoms with van der Waals surface area (Å²) in [6.45, 7) is 11.8. The molecule has 0 spiro atoms. The molecule has 1 N–H and O–H groups in total. The Balaban J connectivity index is 0.00000364. The largest absolute Gasteiger partial charge is 0.492 e. The van der Waals surface area contributed by atoms with Crippen LogP contribution in [0.5, 0.6) is 11.5 Å². The number of likely N-dealkylation sites (N-methyl/N-ethyl adjacent to an activating group) is 1. The van der Waals surface area contributed by atoms with E-state index in [0.29, 0.717) is 54.0 Å². The Hall–Kier alpha value is -3.05. The van der Waals surface area contributed by atoms with Gasteiger partial charge in [-0.15, -0.1) is 24.8 Å². The van der Waals surface area contributed by atoms with Gasteiger partial charge in [0.25, 0.3) is 5.91 Å². The molecular formula is C40H55Cl3N4O5. The molecule has 0 aromatic heterocycles. The van der Waals surface area contributed by atoms with Crippen molar-refractivity contribution in [2.45, 2.75) is 58.7 Å². The number of hydrogen-bond donors (Lipinski definition) is 1. The first-order valence-electron chi connectivity index (χ1n) is 17.8. The number of benzene rings is 3. The average molecular weight is 778 g/mol. The molecule has 0 saturated carbocycles. The Bertz CT molecular complexity index is 1580. The number of nitrogens with zero attached hydrogens (tertiary/aromatic N) is 3. The third kappa shape index (κ3) is 11.7. The molecule has 0 aliphatic carbocycles. The summed E-state index contributed by atoms with van der Waals surface area (Å²) in [5.41, 5.74) is 3.28. The van der Waals surface area contributed by atoms with E-state index < -0.39 is 12.2 Å². The highest BCUT2D eigenvalue weighted by Gasteiger charge is 2.41. The lowest BCUT2D eigenvalue weighted by Crippen LogP contribution is -2.50. The Morgan fingerprint density at radius 2 is 1.65 bits per heavy atom. The zero-order chi connectivity index (χ0) is 35.7. The van der Waals surface area contributed by atoms with Gasteiger partial charge in [-0.3, -0.25) is 9.59 Å². The van der Waals surface area contributed by atoms with Crippen molar-refractivity contribution in [1.82, 2.24) is 15.1 Å². The number of piperazine rings is 1. The Morgan fingerprint density at radius 3 is 2.35 bits per heavy atom. The maximum atomic E-state index is 14.4. The van der Waals surface area contributed by atoms with Crippen molar-refractivity contribution in [3.63, 3.8) is 0 Å². The fourth-order valence-electron chi connectivity index (χ4n) is 6.56. The van der Waals surface area contributed by atoms with Gasteiger partial charge < -0.3 is 34.2 Å². The van der Waals surface area contributed by atoms with Crippen molar-refractivity contribution in [3.05, 3.63) is 88.4 Å². The number of anilines is 1. The molecule has 52 heavy (non-hydrogen) atoms. The molecule has 12 heteroatoms. The highest BCUT2D eigenvalue weighted by Crippen LogP contribution is 2.45. The lowest BCUT2D eigenvalue weighted by molar-refractivity contribution is -0.144. The third-order valence-corrected chi connectivity index (χ3v) is 9.40. The number of carbonyl (C=O) groups is 2. The summed E-state index contributed by atoms with van der Waals surface area (Å²) in [5, 5.41) is 4.04. The van der Waals surface area contributed by atoms with Crippen LogP contribution in [0.25, 0.3) is 0 Å². The molecule has 286 valence electrons. The zero-order valence-electron chi connectivity index (χ0n) is 31.1. The van der Waals surface area contributed by atoms with Gasteiger partial charge in [0.05, 0.1) is 20.1 Å². The Kier molecular flexibility index (Phi) is 17.0. The molecule has 0 radical (unpaired) electrons. The lowest BCUT2D eigenvalue weighted by atomic mass is 9.94. The number of rotatable bonds is 14. The van der Waals surface area contributed by atoms with Crippen molar-refractivity contribution >= 4 is 53.9 Å². The fraction of sp³-hybridized carbons (Fsp3) is 0.500. The number of nitrogens with one attached hydrogen (secondary N) is 1. The van der Waals surface area contributed by atoms with E-state index in [0.717, 1.165) is 51.0 Å². The molecule has 1 fully saturated rings. The highest BCUT2D eigenvalue weighted by atomic mass is 35.5. The maximum Gasteiger partial charge on any atom is 0.256 e. The van der Waals surface area contributed by atoms with Gasteiger partial charge in [0.15, 0.2) is 11.5 Å². The second kappa shape index (κ2) is 20.4. The van der Waals surface area contributed by atoms with Crippen LogP contribution in [0.4, 0.5) is 5.69 Å². The first-order chi connectivity index (χ1) is 24.0. The van der Waals surface area contributed by atoms with E-state index in [1.807, 2.05) is 48.3 Å². The second-order valence-corrected chi connectivity index (χ2v) is 14.9. The van der Waals surface area contributed by atoms with Crippen molar-refractivity contribution in [2.75, 3.05) is 71.5 Å². The predicted octanol–water partition coefficient (Wildman–Crippen LogP) is 7.21. The van der Waals surface area contributed by atoms with Gasteiger partial charge in [-0.2, -0.15) is 0 Å². The van der Waals surface area contributed by atoms with Gasteiger partial charge >= 0.3 is 0 Å². The number of halogens is 3. The van der Waals surface area contributed by atoms with Crippen molar-refractivity contribution < 1.29 is 23.8 Å². The number of hydrogen-bond acceptors (Lipinski definition) is 7. The molecule has 0 bridgehead atoms.